The van der Waals surface area contributed by atoms with Crippen molar-refractivity contribution in [2.75, 3.05) is 5.43 Å². The average Bonchev–Trinajstić information content (AvgIpc) is 3.08. The number of rotatable bonds is 4. The van der Waals surface area contributed by atoms with Gasteiger partial charge in [-0.1, -0.05) is 12.1 Å². The van der Waals surface area contributed by atoms with E-state index in [9.17, 15) is 0 Å². The molecule has 0 radical (unpaired) electrons. The fourth-order valence-electron chi connectivity index (χ4n) is 1.67. The maximum absolute atomic E-state index is 5.62. The maximum Gasteiger partial charge on any atom is 0.248 e. The minimum atomic E-state index is 0.478. The van der Waals surface area contributed by atoms with Crippen LogP contribution in [0.3, 0.4) is 0 Å². The Morgan fingerprint density at radius 2 is 1.89 bits per heavy atom. The summed E-state index contributed by atoms with van der Waals surface area (Å²) in [4.78, 5) is 0. The summed E-state index contributed by atoms with van der Waals surface area (Å²) in [6.45, 7) is 0.478. The summed E-state index contributed by atoms with van der Waals surface area (Å²) < 4.78 is 8.39. The molecule has 5 nitrogen and oxygen atoms in total. The van der Waals surface area contributed by atoms with E-state index >= 15 is 0 Å². The maximum atomic E-state index is 5.62. The third kappa shape index (κ3) is 2.68. The second-order valence-electron chi connectivity index (χ2n) is 3.91. The monoisotopic (exact) mass is 318 g/mol. The Balaban J connectivity index is 1.75. The van der Waals surface area contributed by atoms with Crippen molar-refractivity contribution < 1.29 is 4.42 Å². The molecule has 0 aliphatic carbocycles. The second kappa shape index (κ2) is 5.27. The Hall–Kier alpha value is -2.08. The SMILES string of the molecule is Brc1ccccc1-c1nnc(CNn2cccc2)o1. The van der Waals surface area contributed by atoms with Gasteiger partial charge in [0.25, 0.3) is 0 Å². The van der Waals surface area contributed by atoms with E-state index in [0.29, 0.717) is 18.3 Å². The van der Waals surface area contributed by atoms with E-state index in [0.717, 1.165) is 10.0 Å². The van der Waals surface area contributed by atoms with Crippen molar-refractivity contribution in [1.29, 1.82) is 0 Å². The Morgan fingerprint density at radius 1 is 1.11 bits per heavy atom. The van der Waals surface area contributed by atoms with Crippen LogP contribution in [0.1, 0.15) is 5.89 Å². The number of nitrogens with zero attached hydrogens (tertiary/aromatic N) is 3. The first-order chi connectivity index (χ1) is 9.33. The van der Waals surface area contributed by atoms with Crippen molar-refractivity contribution in [1.82, 2.24) is 14.9 Å². The zero-order valence-electron chi connectivity index (χ0n) is 9.95. The molecule has 3 aromatic rings. The van der Waals surface area contributed by atoms with Crippen LogP contribution in [0.4, 0.5) is 0 Å². The predicted octanol–water partition coefficient (Wildman–Crippen LogP) is 3.04. The third-order valence-electron chi connectivity index (χ3n) is 2.59. The van der Waals surface area contributed by atoms with Gasteiger partial charge in [0.1, 0.15) is 6.54 Å². The van der Waals surface area contributed by atoms with Crippen molar-refractivity contribution >= 4 is 15.9 Å². The van der Waals surface area contributed by atoms with Crippen LogP contribution in [0, 0.1) is 0 Å². The van der Waals surface area contributed by atoms with E-state index in [1.165, 1.54) is 0 Å². The van der Waals surface area contributed by atoms with Crippen LogP contribution in [0.15, 0.2) is 57.7 Å². The molecule has 0 bridgehead atoms. The first-order valence-electron chi connectivity index (χ1n) is 5.77. The van der Waals surface area contributed by atoms with Crippen LogP contribution in [-0.4, -0.2) is 14.9 Å². The summed E-state index contributed by atoms with van der Waals surface area (Å²) in [6, 6.07) is 11.6. The van der Waals surface area contributed by atoms with E-state index < -0.39 is 0 Å². The van der Waals surface area contributed by atoms with Gasteiger partial charge in [-0.3, -0.25) is 4.68 Å². The molecule has 0 saturated heterocycles. The summed E-state index contributed by atoms with van der Waals surface area (Å²) in [6.07, 6.45) is 3.82. The van der Waals surface area contributed by atoms with Crippen LogP contribution >= 0.6 is 15.9 Å². The van der Waals surface area contributed by atoms with E-state index in [4.69, 9.17) is 4.42 Å². The highest BCUT2D eigenvalue weighted by Gasteiger charge is 2.10. The molecule has 6 heteroatoms. The molecule has 2 aromatic heterocycles. The average molecular weight is 319 g/mol. The summed E-state index contributed by atoms with van der Waals surface area (Å²) in [5.41, 5.74) is 4.02. The fraction of sp³-hybridized carbons (Fsp3) is 0.0769. The molecule has 0 amide bonds. The smallest absolute Gasteiger partial charge is 0.248 e. The quantitative estimate of drug-likeness (QED) is 0.803. The van der Waals surface area contributed by atoms with Crippen LogP contribution in [0.25, 0.3) is 11.5 Å². The van der Waals surface area contributed by atoms with Crippen molar-refractivity contribution in [2.24, 2.45) is 0 Å². The topological polar surface area (TPSA) is 55.9 Å². The van der Waals surface area contributed by atoms with Crippen molar-refractivity contribution in [2.45, 2.75) is 6.54 Å². The Labute approximate surface area is 118 Å². The standard InChI is InChI=1S/C13H11BrN4O/c14-11-6-2-1-5-10(11)13-17-16-12(19-13)9-15-18-7-3-4-8-18/h1-8,15H,9H2. The number of nitrogens with one attached hydrogen (secondary N) is 1. The van der Waals surface area contributed by atoms with E-state index in [1.807, 2.05) is 53.5 Å². The van der Waals surface area contributed by atoms with Gasteiger partial charge in [-0.25, -0.2) is 0 Å². The lowest BCUT2D eigenvalue weighted by atomic mass is 10.2. The largest absolute Gasteiger partial charge is 0.419 e. The van der Waals surface area contributed by atoms with Gasteiger partial charge >= 0.3 is 0 Å². The summed E-state index contributed by atoms with van der Waals surface area (Å²) in [7, 11) is 0. The van der Waals surface area contributed by atoms with Gasteiger partial charge in [-0.2, -0.15) is 0 Å². The lowest BCUT2D eigenvalue weighted by molar-refractivity contribution is 0.506. The molecule has 19 heavy (non-hydrogen) atoms. The summed E-state index contributed by atoms with van der Waals surface area (Å²) >= 11 is 3.47. The van der Waals surface area contributed by atoms with Crippen LogP contribution in [0.5, 0.6) is 0 Å². The molecular formula is C13H11BrN4O. The number of halogens is 1. The molecule has 0 aliphatic heterocycles. The van der Waals surface area contributed by atoms with Crippen LogP contribution < -0.4 is 5.43 Å². The molecule has 2 heterocycles. The molecule has 0 aliphatic rings. The number of hydrogen-bond donors (Lipinski definition) is 1. The Morgan fingerprint density at radius 3 is 2.68 bits per heavy atom. The minimum Gasteiger partial charge on any atom is -0.419 e. The highest BCUT2D eigenvalue weighted by molar-refractivity contribution is 9.10. The normalized spacial score (nSPS) is 10.6. The minimum absolute atomic E-state index is 0.478. The molecule has 0 unspecified atom stereocenters. The molecule has 1 N–H and O–H groups in total. The summed E-state index contributed by atoms with van der Waals surface area (Å²) in [5, 5.41) is 8.07. The zero-order valence-corrected chi connectivity index (χ0v) is 11.5. The highest BCUT2D eigenvalue weighted by atomic mass is 79.9. The number of hydrogen-bond acceptors (Lipinski definition) is 4. The van der Waals surface area contributed by atoms with Crippen LogP contribution in [0.2, 0.25) is 0 Å². The third-order valence-corrected chi connectivity index (χ3v) is 3.28. The fourth-order valence-corrected chi connectivity index (χ4v) is 2.12. The molecule has 0 atom stereocenters. The Kier molecular flexibility index (Phi) is 3.33. The van der Waals surface area contributed by atoms with Gasteiger partial charge < -0.3 is 9.84 Å². The van der Waals surface area contributed by atoms with Crippen molar-refractivity contribution in [3.8, 4) is 11.5 Å². The van der Waals surface area contributed by atoms with Crippen molar-refractivity contribution in [3.63, 3.8) is 0 Å². The molecule has 0 saturated carbocycles. The highest BCUT2D eigenvalue weighted by Crippen LogP contribution is 2.26. The first-order valence-corrected chi connectivity index (χ1v) is 6.56. The van der Waals surface area contributed by atoms with Gasteiger partial charge in [0.15, 0.2) is 0 Å². The second-order valence-corrected chi connectivity index (χ2v) is 4.76. The molecule has 96 valence electrons. The lowest BCUT2D eigenvalue weighted by Gasteiger charge is -2.03. The molecule has 0 fully saturated rings. The lowest BCUT2D eigenvalue weighted by Crippen LogP contribution is -2.11. The van der Waals surface area contributed by atoms with Gasteiger partial charge in [-0.15, -0.1) is 10.2 Å². The molecule has 0 spiro atoms. The molecule has 1 aromatic carbocycles. The van der Waals surface area contributed by atoms with Gasteiger partial charge in [-0.05, 0) is 40.2 Å². The van der Waals surface area contributed by atoms with Crippen molar-refractivity contribution in [3.05, 3.63) is 59.2 Å². The van der Waals surface area contributed by atoms with Gasteiger partial charge in [0, 0.05) is 16.9 Å². The number of aromatic nitrogens is 3. The first kappa shape index (κ1) is 12.0. The van der Waals surface area contributed by atoms with E-state index in [-0.39, 0.29) is 0 Å². The van der Waals surface area contributed by atoms with Gasteiger partial charge in [0.2, 0.25) is 11.8 Å². The van der Waals surface area contributed by atoms with E-state index in [1.54, 1.807) is 0 Å². The molecular weight excluding hydrogens is 308 g/mol. The Bertz CT molecular complexity index is 663. The summed E-state index contributed by atoms with van der Waals surface area (Å²) in [5.74, 6) is 1.05. The zero-order chi connectivity index (χ0) is 13.1. The molecule has 3 rings (SSSR count). The van der Waals surface area contributed by atoms with Gasteiger partial charge in [0.05, 0.1) is 5.56 Å². The van der Waals surface area contributed by atoms with E-state index in [2.05, 4.69) is 31.6 Å². The number of benzene rings is 1. The van der Waals surface area contributed by atoms with Crippen LogP contribution in [-0.2, 0) is 6.54 Å². The predicted molar refractivity (Wildman–Crippen MR) is 74.9 cm³/mol.